The van der Waals surface area contributed by atoms with Crippen LogP contribution in [0.4, 0.5) is 0 Å². The predicted octanol–water partition coefficient (Wildman–Crippen LogP) is 1.99. The molecule has 1 N–H and O–H groups in total. The Morgan fingerprint density at radius 1 is 1.36 bits per heavy atom. The summed E-state index contributed by atoms with van der Waals surface area (Å²) in [6.45, 7) is 4.18. The van der Waals surface area contributed by atoms with Gasteiger partial charge in [-0.1, -0.05) is 6.42 Å². The number of aromatic nitrogens is 2. The van der Waals surface area contributed by atoms with Crippen LogP contribution in [0.5, 0.6) is 0 Å². The van der Waals surface area contributed by atoms with Crippen molar-refractivity contribution >= 4 is 0 Å². The lowest BCUT2D eigenvalue weighted by atomic mass is 9.92. The molecule has 0 bridgehead atoms. The van der Waals surface area contributed by atoms with Gasteiger partial charge in [0.1, 0.15) is 0 Å². The van der Waals surface area contributed by atoms with Crippen LogP contribution in [0, 0.1) is 6.92 Å². The van der Waals surface area contributed by atoms with Gasteiger partial charge in [0.2, 0.25) is 0 Å². The number of rotatable bonds is 3. The van der Waals surface area contributed by atoms with Crippen molar-refractivity contribution in [3.05, 3.63) is 23.8 Å². The van der Waals surface area contributed by atoms with Gasteiger partial charge in [0, 0.05) is 24.5 Å². The smallest absolute Gasteiger partial charge is 0.0782 e. The molecule has 3 heteroatoms. The highest BCUT2D eigenvalue weighted by molar-refractivity contribution is 5.12. The van der Waals surface area contributed by atoms with Gasteiger partial charge in [-0.15, -0.1) is 0 Å². The van der Waals surface area contributed by atoms with Crippen LogP contribution in [0.1, 0.15) is 43.6 Å². The van der Waals surface area contributed by atoms with Crippen molar-refractivity contribution in [3.63, 3.8) is 0 Å². The van der Waals surface area contributed by atoms with E-state index in [1.54, 1.807) is 12.4 Å². The fraction of sp³-hybridized carbons (Fsp3) is 0.636. The van der Waals surface area contributed by atoms with Gasteiger partial charge in [0.25, 0.3) is 0 Å². The molecule has 0 radical (unpaired) electrons. The molecule has 1 atom stereocenters. The first-order valence-corrected chi connectivity index (χ1v) is 5.31. The van der Waals surface area contributed by atoms with Crippen LogP contribution < -0.4 is 5.32 Å². The molecule has 1 unspecified atom stereocenters. The maximum Gasteiger partial charge on any atom is 0.0782 e. The third-order valence-corrected chi connectivity index (χ3v) is 2.92. The second kappa shape index (κ2) is 4.05. The molecule has 76 valence electrons. The second-order valence-electron chi connectivity index (χ2n) is 4.04. The highest BCUT2D eigenvalue weighted by atomic mass is 15.0. The van der Waals surface area contributed by atoms with Gasteiger partial charge in [-0.25, -0.2) is 0 Å². The van der Waals surface area contributed by atoms with Crippen LogP contribution in [-0.2, 0) is 0 Å². The predicted molar refractivity (Wildman–Crippen MR) is 56.0 cm³/mol. The van der Waals surface area contributed by atoms with Crippen molar-refractivity contribution < 1.29 is 0 Å². The van der Waals surface area contributed by atoms with Crippen molar-refractivity contribution in [2.75, 3.05) is 0 Å². The molecule has 0 aromatic carbocycles. The number of hydrogen-bond acceptors (Lipinski definition) is 3. The molecule has 0 spiro atoms. The molecule has 1 aliphatic rings. The summed E-state index contributed by atoms with van der Waals surface area (Å²) < 4.78 is 0. The van der Waals surface area contributed by atoms with E-state index in [-0.39, 0.29) is 0 Å². The van der Waals surface area contributed by atoms with Crippen LogP contribution >= 0.6 is 0 Å². The van der Waals surface area contributed by atoms with Crippen LogP contribution in [0.3, 0.4) is 0 Å². The van der Waals surface area contributed by atoms with Crippen molar-refractivity contribution in [2.24, 2.45) is 0 Å². The quantitative estimate of drug-likeness (QED) is 0.794. The minimum absolute atomic E-state index is 0.328. The molecule has 1 aromatic heterocycles. The monoisotopic (exact) mass is 191 g/mol. The van der Waals surface area contributed by atoms with Gasteiger partial charge in [-0.05, 0) is 26.7 Å². The normalized spacial score (nSPS) is 19.0. The molecule has 14 heavy (non-hydrogen) atoms. The van der Waals surface area contributed by atoms with Crippen molar-refractivity contribution in [1.29, 1.82) is 0 Å². The molecule has 1 fully saturated rings. The molecule has 1 saturated carbocycles. The zero-order chi connectivity index (χ0) is 9.97. The van der Waals surface area contributed by atoms with Gasteiger partial charge >= 0.3 is 0 Å². The number of nitrogens with zero attached hydrogens (tertiary/aromatic N) is 2. The van der Waals surface area contributed by atoms with Crippen molar-refractivity contribution in [2.45, 2.75) is 45.2 Å². The molecule has 2 rings (SSSR count). The topological polar surface area (TPSA) is 37.8 Å². The third kappa shape index (κ3) is 1.93. The Hall–Kier alpha value is -0.960. The minimum Gasteiger partial charge on any atom is -0.306 e. The van der Waals surface area contributed by atoms with Crippen molar-refractivity contribution in [3.8, 4) is 0 Å². The number of nitrogens with one attached hydrogen (secondary N) is 1. The Morgan fingerprint density at radius 3 is 2.64 bits per heavy atom. The summed E-state index contributed by atoms with van der Waals surface area (Å²) in [4.78, 5) is 8.61. The molecular weight excluding hydrogens is 174 g/mol. The number of hydrogen-bond donors (Lipinski definition) is 1. The Kier molecular flexibility index (Phi) is 2.77. The standard InChI is InChI=1S/C11H17N3/c1-8-11(13-7-6-12-8)9(2)14-10-4-3-5-10/h6-7,9-10,14H,3-5H2,1-2H3. The van der Waals surface area contributed by atoms with Crippen LogP contribution in [0.2, 0.25) is 0 Å². The molecule has 1 heterocycles. The zero-order valence-electron chi connectivity index (χ0n) is 8.83. The SMILES string of the molecule is Cc1nccnc1C(C)NC1CCC1. The van der Waals surface area contributed by atoms with E-state index in [0.717, 1.165) is 11.4 Å². The fourth-order valence-corrected chi connectivity index (χ4v) is 1.85. The van der Waals surface area contributed by atoms with Crippen LogP contribution in [-0.4, -0.2) is 16.0 Å². The first-order valence-electron chi connectivity index (χ1n) is 5.31. The van der Waals surface area contributed by atoms with E-state index in [0.29, 0.717) is 12.1 Å². The Balaban J connectivity index is 2.02. The molecule has 0 aliphatic heterocycles. The maximum absolute atomic E-state index is 4.36. The minimum atomic E-state index is 0.328. The van der Waals surface area contributed by atoms with E-state index in [9.17, 15) is 0 Å². The highest BCUT2D eigenvalue weighted by Gasteiger charge is 2.20. The molecular formula is C11H17N3. The van der Waals surface area contributed by atoms with E-state index in [4.69, 9.17) is 0 Å². The van der Waals surface area contributed by atoms with Gasteiger partial charge in [0.15, 0.2) is 0 Å². The summed E-state index contributed by atoms with van der Waals surface area (Å²) in [6, 6.07) is 1.03. The van der Waals surface area contributed by atoms with E-state index < -0.39 is 0 Å². The van der Waals surface area contributed by atoms with Gasteiger partial charge in [0.05, 0.1) is 11.4 Å². The van der Waals surface area contributed by atoms with Crippen LogP contribution in [0.15, 0.2) is 12.4 Å². The summed E-state index contributed by atoms with van der Waals surface area (Å²) in [7, 11) is 0. The van der Waals surface area contributed by atoms with Gasteiger partial charge in [-0.2, -0.15) is 0 Å². The Labute approximate surface area is 85.0 Å². The largest absolute Gasteiger partial charge is 0.306 e. The van der Waals surface area contributed by atoms with E-state index >= 15 is 0 Å². The van der Waals surface area contributed by atoms with Gasteiger partial charge in [-0.3, -0.25) is 9.97 Å². The fourth-order valence-electron chi connectivity index (χ4n) is 1.85. The Morgan fingerprint density at radius 2 is 2.07 bits per heavy atom. The average Bonchev–Trinajstić information content (AvgIpc) is 2.12. The molecule has 0 saturated heterocycles. The lowest BCUT2D eigenvalue weighted by Gasteiger charge is -2.30. The summed E-state index contributed by atoms with van der Waals surface area (Å²) >= 11 is 0. The summed E-state index contributed by atoms with van der Waals surface area (Å²) in [5.41, 5.74) is 2.12. The second-order valence-corrected chi connectivity index (χ2v) is 4.04. The number of aryl methyl sites for hydroxylation is 1. The molecule has 3 nitrogen and oxygen atoms in total. The first kappa shape index (κ1) is 9.59. The van der Waals surface area contributed by atoms with Crippen molar-refractivity contribution in [1.82, 2.24) is 15.3 Å². The van der Waals surface area contributed by atoms with E-state index in [1.807, 2.05) is 6.92 Å². The molecule has 0 amide bonds. The summed E-state index contributed by atoms with van der Waals surface area (Å²) in [5.74, 6) is 0. The zero-order valence-corrected chi connectivity index (χ0v) is 8.83. The average molecular weight is 191 g/mol. The maximum atomic E-state index is 4.36. The van der Waals surface area contributed by atoms with E-state index in [2.05, 4.69) is 22.2 Å². The summed E-state index contributed by atoms with van der Waals surface area (Å²) in [6.07, 6.45) is 7.49. The first-order chi connectivity index (χ1) is 6.77. The Bertz CT molecular complexity index is 307. The molecule has 1 aliphatic carbocycles. The third-order valence-electron chi connectivity index (χ3n) is 2.92. The van der Waals surface area contributed by atoms with Crippen LogP contribution in [0.25, 0.3) is 0 Å². The lowest BCUT2D eigenvalue weighted by molar-refractivity contribution is 0.310. The van der Waals surface area contributed by atoms with Gasteiger partial charge < -0.3 is 5.32 Å². The lowest BCUT2D eigenvalue weighted by Crippen LogP contribution is -2.37. The van der Waals surface area contributed by atoms with E-state index in [1.165, 1.54) is 19.3 Å². The highest BCUT2D eigenvalue weighted by Crippen LogP contribution is 2.22. The summed E-state index contributed by atoms with van der Waals surface area (Å²) in [5, 5.41) is 3.57. The molecule has 1 aromatic rings.